The van der Waals surface area contributed by atoms with Gasteiger partial charge in [-0.15, -0.1) is 0 Å². The molecule has 7 heteroatoms. The van der Waals surface area contributed by atoms with Gasteiger partial charge in [0.1, 0.15) is 17.3 Å². The molecule has 0 radical (unpaired) electrons. The Morgan fingerprint density at radius 1 is 1.26 bits per heavy atom. The van der Waals surface area contributed by atoms with Gasteiger partial charge in [0.2, 0.25) is 5.82 Å². The average Bonchev–Trinajstić information content (AvgIpc) is 3.26. The summed E-state index contributed by atoms with van der Waals surface area (Å²) >= 11 is 0. The number of nitro benzene ring substituents is 1. The molecule has 1 aliphatic carbocycles. The largest absolute Gasteiger partial charge is 0.497 e. The standard InChI is InChI=1S/C16H14F2N2O3/c1-23-11-6-13(18)16(20(21)22)15(7-11)19-14-8-12(14)9-2-4-10(17)5-3-9/h2-7,12,14,19H,8H2,1H3/t12-,14+/m0/s1. The molecule has 1 saturated carbocycles. The maximum absolute atomic E-state index is 13.9. The third-order valence-corrected chi connectivity index (χ3v) is 3.88. The first kappa shape index (κ1) is 15.2. The second-order valence-corrected chi connectivity index (χ2v) is 5.41. The van der Waals surface area contributed by atoms with Gasteiger partial charge < -0.3 is 10.1 Å². The van der Waals surface area contributed by atoms with Gasteiger partial charge in [-0.2, -0.15) is 4.39 Å². The molecular weight excluding hydrogens is 306 g/mol. The van der Waals surface area contributed by atoms with Crippen LogP contribution in [0.15, 0.2) is 36.4 Å². The minimum Gasteiger partial charge on any atom is -0.497 e. The highest BCUT2D eigenvalue weighted by atomic mass is 19.1. The van der Waals surface area contributed by atoms with Crippen molar-refractivity contribution in [3.63, 3.8) is 0 Å². The van der Waals surface area contributed by atoms with Crippen LogP contribution in [-0.2, 0) is 0 Å². The number of hydrogen-bond donors (Lipinski definition) is 1. The van der Waals surface area contributed by atoms with Crippen molar-refractivity contribution in [2.45, 2.75) is 18.4 Å². The maximum atomic E-state index is 13.9. The Morgan fingerprint density at radius 2 is 1.96 bits per heavy atom. The Hall–Kier alpha value is -2.70. The van der Waals surface area contributed by atoms with Crippen LogP contribution in [0.4, 0.5) is 20.2 Å². The van der Waals surface area contributed by atoms with E-state index in [9.17, 15) is 18.9 Å². The molecule has 120 valence electrons. The summed E-state index contributed by atoms with van der Waals surface area (Å²) in [6.07, 6.45) is 0.738. The molecule has 0 amide bonds. The third-order valence-electron chi connectivity index (χ3n) is 3.88. The summed E-state index contributed by atoms with van der Waals surface area (Å²) in [6.45, 7) is 0. The number of nitrogens with zero attached hydrogens (tertiary/aromatic N) is 1. The Balaban J connectivity index is 1.82. The van der Waals surface area contributed by atoms with Crippen molar-refractivity contribution < 1.29 is 18.4 Å². The van der Waals surface area contributed by atoms with Crippen molar-refractivity contribution in [1.82, 2.24) is 0 Å². The predicted octanol–water partition coefficient (Wildman–Crippen LogP) is 3.85. The molecule has 0 bridgehead atoms. The Morgan fingerprint density at radius 3 is 2.57 bits per heavy atom. The minimum atomic E-state index is -0.948. The zero-order chi connectivity index (χ0) is 16.6. The Kier molecular flexibility index (Phi) is 3.85. The lowest BCUT2D eigenvalue weighted by Gasteiger charge is -2.09. The molecule has 1 N–H and O–H groups in total. The second kappa shape index (κ2) is 5.83. The van der Waals surface area contributed by atoms with Gasteiger partial charge in [0, 0.05) is 24.1 Å². The quantitative estimate of drug-likeness (QED) is 0.671. The van der Waals surface area contributed by atoms with Crippen molar-refractivity contribution in [1.29, 1.82) is 0 Å². The summed E-state index contributed by atoms with van der Waals surface area (Å²) in [7, 11) is 1.36. The number of anilines is 1. The summed E-state index contributed by atoms with van der Waals surface area (Å²) in [5.41, 5.74) is 0.423. The van der Waals surface area contributed by atoms with Gasteiger partial charge in [0.05, 0.1) is 12.0 Å². The number of hydrogen-bond acceptors (Lipinski definition) is 4. The third kappa shape index (κ3) is 3.08. The molecule has 2 aromatic rings. The molecule has 2 aromatic carbocycles. The van der Waals surface area contributed by atoms with Gasteiger partial charge >= 0.3 is 5.69 Å². The summed E-state index contributed by atoms with van der Waals surface area (Å²) in [4.78, 5) is 10.3. The van der Waals surface area contributed by atoms with E-state index in [2.05, 4.69) is 5.32 Å². The number of nitrogens with one attached hydrogen (secondary N) is 1. The fourth-order valence-electron chi connectivity index (χ4n) is 2.62. The van der Waals surface area contributed by atoms with E-state index >= 15 is 0 Å². The first-order valence-electron chi connectivity index (χ1n) is 7.03. The van der Waals surface area contributed by atoms with E-state index < -0.39 is 16.4 Å². The maximum Gasteiger partial charge on any atom is 0.327 e. The second-order valence-electron chi connectivity index (χ2n) is 5.41. The van der Waals surface area contributed by atoms with Crippen LogP contribution in [0.5, 0.6) is 5.75 Å². The van der Waals surface area contributed by atoms with E-state index in [0.717, 1.165) is 18.1 Å². The van der Waals surface area contributed by atoms with Crippen LogP contribution < -0.4 is 10.1 Å². The molecule has 0 aliphatic heterocycles. The topological polar surface area (TPSA) is 64.4 Å². The first-order valence-corrected chi connectivity index (χ1v) is 7.03. The smallest absolute Gasteiger partial charge is 0.327 e. The van der Waals surface area contributed by atoms with Crippen molar-refractivity contribution in [2.24, 2.45) is 0 Å². The van der Waals surface area contributed by atoms with Crippen LogP contribution >= 0.6 is 0 Å². The average molecular weight is 320 g/mol. The van der Waals surface area contributed by atoms with Crippen molar-refractivity contribution in [2.75, 3.05) is 12.4 Å². The highest BCUT2D eigenvalue weighted by molar-refractivity contribution is 5.66. The number of halogens is 2. The lowest BCUT2D eigenvalue weighted by Crippen LogP contribution is -2.08. The molecule has 0 aromatic heterocycles. The molecule has 0 unspecified atom stereocenters. The van der Waals surface area contributed by atoms with Crippen LogP contribution in [0.3, 0.4) is 0 Å². The van der Waals surface area contributed by atoms with Gasteiger partial charge in [-0.1, -0.05) is 12.1 Å². The number of nitro groups is 1. The highest BCUT2D eigenvalue weighted by Gasteiger charge is 2.40. The number of ether oxygens (including phenoxy) is 1. The van der Waals surface area contributed by atoms with E-state index in [1.54, 1.807) is 12.1 Å². The predicted molar refractivity (Wildman–Crippen MR) is 80.8 cm³/mol. The van der Waals surface area contributed by atoms with E-state index in [1.165, 1.54) is 25.3 Å². The number of rotatable bonds is 5. The van der Waals surface area contributed by atoms with Crippen molar-refractivity contribution in [3.05, 3.63) is 63.7 Å². The van der Waals surface area contributed by atoms with Crippen LogP contribution in [0.25, 0.3) is 0 Å². The summed E-state index contributed by atoms with van der Waals surface area (Å²) in [6, 6.07) is 8.43. The van der Waals surface area contributed by atoms with Crippen LogP contribution in [-0.4, -0.2) is 18.1 Å². The number of methoxy groups -OCH3 is 1. The molecule has 1 aliphatic rings. The number of benzene rings is 2. The summed E-state index contributed by atoms with van der Waals surface area (Å²) in [5, 5.41) is 14.1. The van der Waals surface area contributed by atoms with Gasteiger partial charge in [-0.05, 0) is 24.1 Å². The van der Waals surface area contributed by atoms with E-state index in [1.807, 2.05) is 0 Å². The van der Waals surface area contributed by atoms with Gasteiger partial charge in [-0.25, -0.2) is 4.39 Å². The molecule has 23 heavy (non-hydrogen) atoms. The SMILES string of the molecule is COc1cc(F)c([N+](=O)[O-])c(N[C@@H]2C[C@H]2c2ccc(F)cc2)c1. The molecule has 0 heterocycles. The van der Waals surface area contributed by atoms with Gasteiger partial charge in [-0.3, -0.25) is 10.1 Å². The lowest BCUT2D eigenvalue weighted by molar-refractivity contribution is -0.386. The fourth-order valence-corrected chi connectivity index (χ4v) is 2.62. The van der Waals surface area contributed by atoms with E-state index in [4.69, 9.17) is 4.74 Å². The van der Waals surface area contributed by atoms with Crippen LogP contribution in [0.2, 0.25) is 0 Å². The monoisotopic (exact) mass is 320 g/mol. The van der Waals surface area contributed by atoms with Crippen molar-refractivity contribution in [3.8, 4) is 5.75 Å². The molecule has 0 saturated heterocycles. The van der Waals surface area contributed by atoms with Crippen molar-refractivity contribution >= 4 is 11.4 Å². The van der Waals surface area contributed by atoms with Gasteiger partial charge in [0.15, 0.2) is 0 Å². The Bertz CT molecular complexity index is 750. The van der Waals surface area contributed by atoms with E-state index in [-0.39, 0.29) is 29.2 Å². The first-order chi connectivity index (χ1) is 11.0. The lowest BCUT2D eigenvalue weighted by atomic mass is 10.1. The van der Waals surface area contributed by atoms with Gasteiger partial charge in [0.25, 0.3) is 0 Å². The molecule has 1 fully saturated rings. The highest BCUT2D eigenvalue weighted by Crippen LogP contribution is 2.45. The normalized spacial score (nSPS) is 19.3. The fraction of sp³-hybridized carbons (Fsp3) is 0.250. The zero-order valence-corrected chi connectivity index (χ0v) is 12.3. The molecule has 0 spiro atoms. The molecular formula is C16H14F2N2O3. The van der Waals surface area contributed by atoms with Crippen LogP contribution in [0, 0.1) is 21.7 Å². The molecule has 2 atom stereocenters. The Labute approximate surface area is 131 Å². The summed E-state index contributed by atoms with van der Waals surface area (Å²) in [5.74, 6) is -0.945. The zero-order valence-electron chi connectivity index (χ0n) is 12.3. The molecule has 3 rings (SSSR count). The van der Waals surface area contributed by atoms with Crippen LogP contribution in [0.1, 0.15) is 17.9 Å². The van der Waals surface area contributed by atoms with E-state index in [0.29, 0.717) is 0 Å². The minimum absolute atomic E-state index is 0.0642. The molecule has 5 nitrogen and oxygen atoms in total. The summed E-state index contributed by atoms with van der Waals surface area (Å²) < 4.78 is 31.8.